The third-order valence-electron chi connectivity index (χ3n) is 4.89. The number of hydrogen-bond donors (Lipinski definition) is 2. The Morgan fingerprint density at radius 2 is 1.48 bits per heavy atom. The zero-order valence-corrected chi connectivity index (χ0v) is 15.9. The van der Waals surface area contributed by atoms with Crippen molar-refractivity contribution >= 4 is 11.8 Å². The van der Waals surface area contributed by atoms with Crippen molar-refractivity contribution in [3.8, 4) is 0 Å². The Kier molecular flexibility index (Phi) is 6.79. The van der Waals surface area contributed by atoms with Crippen molar-refractivity contribution in [1.82, 2.24) is 15.5 Å². The van der Waals surface area contributed by atoms with Crippen LogP contribution in [0, 0.1) is 5.92 Å². The Balaban J connectivity index is 1.93. The van der Waals surface area contributed by atoms with Crippen molar-refractivity contribution < 1.29 is 23.8 Å². The Hall–Kier alpha value is -1.22. The van der Waals surface area contributed by atoms with Gasteiger partial charge in [-0.2, -0.15) is 0 Å². The van der Waals surface area contributed by atoms with Gasteiger partial charge in [0.15, 0.2) is 0 Å². The number of carbonyl (C=O) groups excluding carboxylic acids is 2. The molecule has 2 fully saturated rings. The summed E-state index contributed by atoms with van der Waals surface area (Å²) < 4.78 is 16.6. The van der Waals surface area contributed by atoms with Crippen LogP contribution in [0.4, 0.5) is 0 Å². The predicted octanol–water partition coefficient (Wildman–Crippen LogP) is -0.625. The predicted molar refractivity (Wildman–Crippen MR) is 92.1 cm³/mol. The molecule has 0 radical (unpaired) electrons. The molecule has 144 valence electrons. The number of nitrogens with zero attached hydrogens (tertiary/aromatic N) is 1. The molecule has 8 nitrogen and oxygen atoms in total. The van der Waals surface area contributed by atoms with Crippen LogP contribution in [0.5, 0.6) is 0 Å². The van der Waals surface area contributed by atoms with Gasteiger partial charge in [0.25, 0.3) is 0 Å². The summed E-state index contributed by atoms with van der Waals surface area (Å²) in [6, 6.07) is -0.647. The molecule has 2 N–H and O–H groups in total. The topological polar surface area (TPSA) is 89.1 Å². The highest BCUT2D eigenvalue weighted by Gasteiger charge is 2.49. The van der Waals surface area contributed by atoms with Crippen LogP contribution < -0.4 is 10.6 Å². The molecule has 0 unspecified atom stereocenters. The van der Waals surface area contributed by atoms with Crippen LogP contribution >= 0.6 is 0 Å². The van der Waals surface area contributed by atoms with Crippen LogP contribution in [0.2, 0.25) is 0 Å². The molecular weight excluding hydrogens is 326 g/mol. The quantitative estimate of drug-likeness (QED) is 0.631. The van der Waals surface area contributed by atoms with E-state index in [2.05, 4.69) is 10.6 Å². The first-order valence-corrected chi connectivity index (χ1v) is 8.79. The van der Waals surface area contributed by atoms with Crippen molar-refractivity contribution in [2.24, 2.45) is 5.92 Å². The van der Waals surface area contributed by atoms with Crippen LogP contribution in [-0.2, 0) is 23.8 Å². The number of ether oxygens (including phenoxy) is 3. The minimum atomic E-state index is -0.525. The van der Waals surface area contributed by atoms with Gasteiger partial charge in [0.1, 0.15) is 18.3 Å². The van der Waals surface area contributed by atoms with E-state index in [0.29, 0.717) is 13.2 Å². The average Bonchev–Trinajstić information content (AvgIpc) is 3.09. The Morgan fingerprint density at radius 3 is 1.88 bits per heavy atom. The molecule has 0 bridgehead atoms. The van der Waals surface area contributed by atoms with Gasteiger partial charge < -0.3 is 24.8 Å². The van der Waals surface area contributed by atoms with Crippen LogP contribution in [0.15, 0.2) is 0 Å². The summed E-state index contributed by atoms with van der Waals surface area (Å²) in [6.07, 6.45) is -1.03. The summed E-state index contributed by atoms with van der Waals surface area (Å²) >= 11 is 0. The smallest absolute Gasteiger partial charge is 0.249 e. The molecule has 2 aliphatic rings. The first-order chi connectivity index (χ1) is 11.8. The van der Waals surface area contributed by atoms with Gasteiger partial charge in [-0.05, 0) is 26.9 Å². The maximum atomic E-state index is 12.6. The number of carbonyl (C=O) groups is 2. The van der Waals surface area contributed by atoms with Crippen LogP contribution in [0.25, 0.3) is 0 Å². The lowest BCUT2D eigenvalue weighted by atomic mass is 10.0. The molecule has 2 rings (SSSR count). The lowest BCUT2D eigenvalue weighted by Crippen LogP contribution is -2.53. The van der Waals surface area contributed by atoms with E-state index in [1.807, 2.05) is 32.8 Å². The lowest BCUT2D eigenvalue weighted by molar-refractivity contribution is -0.131. The molecule has 0 aromatic heterocycles. The molecule has 0 aromatic carbocycles. The number of fused-ring (bicyclic) bond motifs is 1. The third kappa shape index (κ3) is 4.49. The summed E-state index contributed by atoms with van der Waals surface area (Å²) in [6.45, 7) is 6.48. The van der Waals surface area contributed by atoms with Crippen LogP contribution in [0.1, 0.15) is 20.8 Å². The molecule has 0 spiro atoms. The van der Waals surface area contributed by atoms with Gasteiger partial charge in [-0.3, -0.25) is 14.5 Å². The van der Waals surface area contributed by atoms with E-state index in [9.17, 15) is 9.59 Å². The van der Waals surface area contributed by atoms with Gasteiger partial charge in [0, 0.05) is 7.11 Å². The van der Waals surface area contributed by atoms with Crippen molar-refractivity contribution in [3.63, 3.8) is 0 Å². The molecule has 2 aliphatic heterocycles. The van der Waals surface area contributed by atoms with Crippen molar-refractivity contribution in [3.05, 3.63) is 0 Å². The maximum absolute atomic E-state index is 12.6. The molecule has 25 heavy (non-hydrogen) atoms. The van der Waals surface area contributed by atoms with E-state index in [4.69, 9.17) is 14.2 Å². The van der Waals surface area contributed by atoms with Gasteiger partial charge in [-0.15, -0.1) is 0 Å². The summed E-state index contributed by atoms with van der Waals surface area (Å²) in [7, 11) is 5.28. The monoisotopic (exact) mass is 357 g/mol. The molecule has 2 heterocycles. The highest BCUT2D eigenvalue weighted by Crippen LogP contribution is 2.27. The van der Waals surface area contributed by atoms with Gasteiger partial charge >= 0.3 is 0 Å². The summed E-state index contributed by atoms with van der Waals surface area (Å²) in [5.41, 5.74) is 0. The fraction of sp³-hybridized carbons (Fsp3) is 0.882. The van der Waals surface area contributed by atoms with Crippen molar-refractivity contribution in [2.75, 3.05) is 34.4 Å². The zero-order chi connectivity index (χ0) is 18.7. The molecule has 2 amide bonds. The van der Waals surface area contributed by atoms with Crippen LogP contribution in [0.3, 0.4) is 0 Å². The normalized spacial score (nSPS) is 31.0. The van der Waals surface area contributed by atoms with Crippen LogP contribution in [-0.4, -0.2) is 87.6 Å². The van der Waals surface area contributed by atoms with Crippen molar-refractivity contribution in [1.29, 1.82) is 0 Å². The Labute approximate surface area is 149 Å². The van der Waals surface area contributed by atoms with Gasteiger partial charge in [-0.25, -0.2) is 0 Å². The highest BCUT2D eigenvalue weighted by molar-refractivity contribution is 5.82. The molecule has 0 aromatic rings. The molecule has 0 saturated carbocycles. The average molecular weight is 357 g/mol. The minimum Gasteiger partial charge on any atom is -0.372 e. The van der Waals surface area contributed by atoms with E-state index in [1.54, 1.807) is 6.92 Å². The van der Waals surface area contributed by atoms with Gasteiger partial charge in [-0.1, -0.05) is 13.8 Å². The Bertz CT molecular complexity index is 477. The van der Waals surface area contributed by atoms with E-state index in [1.165, 1.54) is 7.11 Å². The van der Waals surface area contributed by atoms with E-state index in [-0.39, 0.29) is 48.1 Å². The first-order valence-electron chi connectivity index (χ1n) is 8.79. The second-order valence-electron chi connectivity index (χ2n) is 7.36. The fourth-order valence-electron chi connectivity index (χ4n) is 3.56. The van der Waals surface area contributed by atoms with Gasteiger partial charge in [0.2, 0.25) is 11.8 Å². The molecular formula is C17H31N3O5. The zero-order valence-electron chi connectivity index (χ0n) is 15.9. The maximum Gasteiger partial charge on any atom is 0.249 e. The van der Waals surface area contributed by atoms with Crippen molar-refractivity contribution in [2.45, 2.75) is 57.2 Å². The summed E-state index contributed by atoms with van der Waals surface area (Å²) in [5.74, 6) is -0.0289. The SMILES string of the molecule is CO[C@H](C)C(=O)N[C@H]1CO[C@H]2[C@@H]1OC[C@@H]2NC(=O)[C@@H](C(C)C)N(C)C. The van der Waals surface area contributed by atoms with E-state index < -0.39 is 6.10 Å². The van der Waals surface area contributed by atoms with Gasteiger partial charge in [0.05, 0.1) is 31.3 Å². The third-order valence-corrected chi connectivity index (χ3v) is 4.89. The largest absolute Gasteiger partial charge is 0.372 e. The molecule has 0 aliphatic carbocycles. The lowest BCUT2D eigenvalue weighted by Gasteiger charge is -2.28. The number of amides is 2. The highest BCUT2D eigenvalue weighted by atomic mass is 16.6. The molecule has 6 atom stereocenters. The number of nitrogens with one attached hydrogen (secondary N) is 2. The molecule has 8 heteroatoms. The standard InChI is InChI=1S/C17H31N3O5/c1-9(2)13(20(4)5)17(22)19-12-8-25-14-11(7-24-15(12)14)18-16(21)10(3)23-6/h9-15H,7-8H2,1-6H3,(H,18,21)(H,19,22)/t10-,11+,12+,13-,14-,15-/m1/s1. The summed E-state index contributed by atoms with van der Waals surface area (Å²) in [4.78, 5) is 26.5. The Morgan fingerprint density at radius 1 is 1.00 bits per heavy atom. The van der Waals surface area contributed by atoms with E-state index >= 15 is 0 Å². The number of likely N-dealkylation sites (N-methyl/N-ethyl adjacent to an activating group) is 1. The summed E-state index contributed by atoms with van der Waals surface area (Å²) in [5, 5.41) is 5.95. The number of hydrogen-bond acceptors (Lipinski definition) is 6. The minimum absolute atomic E-state index is 0.0293. The number of methoxy groups -OCH3 is 1. The molecule has 2 saturated heterocycles. The fourth-order valence-corrected chi connectivity index (χ4v) is 3.56. The second-order valence-corrected chi connectivity index (χ2v) is 7.36. The number of rotatable bonds is 7. The van der Waals surface area contributed by atoms with E-state index in [0.717, 1.165) is 0 Å². The first kappa shape index (κ1) is 20.1. The second kappa shape index (κ2) is 8.44.